The molecule has 5 rings (SSSR count). The van der Waals surface area contributed by atoms with Crippen LogP contribution in [0.25, 0.3) is 16.7 Å². The van der Waals surface area contributed by atoms with Gasteiger partial charge >= 0.3 is 0 Å². The number of aromatic nitrogens is 1. The molecule has 200 valence electrons. The van der Waals surface area contributed by atoms with Crippen molar-refractivity contribution in [2.45, 2.75) is 12.5 Å². The minimum absolute atomic E-state index is 0.0329. The number of ether oxygens (including phenoxy) is 3. The number of hydrogen-bond donors (Lipinski definition) is 2. The Bertz CT molecular complexity index is 1590. The largest absolute Gasteiger partial charge is 0.507 e. The molecular formula is C30H27ClN2O6. The van der Waals surface area contributed by atoms with Crippen LogP contribution in [0.1, 0.15) is 22.7 Å². The van der Waals surface area contributed by atoms with E-state index in [9.17, 15) is 14.7 Å². The molecule has 1 aromatic heterocycles. The summed E-state index contributed by atoms with van der Waals surface area (Å²) in [5.74, 6) is -0.0963. The Labute approximate surface area is 230 Å². The van der Waals surface area contributed by atoms with Crippen molar-refractivity contribution in [3.8, 4) is 17.2 Å². The fraction of sp³-hybridized carbons (Fsp3) is 0.200. The highest BCUT2D eigenvalue weighted by atomic mass is 35.5. The smallest absolute Gasteiger partial charge is 0.295 e. The molecule has 0 unspecified atom stereocenters. The van der Waals surface area contributed by atoms with Gasteiger partial charge in [0, 0.05) is 39.8 Å². The molecule has 0 saturated carbocycles. The summed E-state index contributed by atoms with van der Waals surface area (Å²) in [7, 11) is 4.65. The van der Waals surface area contributed by atoms with Crippen molar-refractivity contribution in [1.82, 2.24) is 9.88 Å². The standard InChI is InChI=1S/C30H27ClN2O6/c1-37-20-8-10-24-22(14-20)18(16-32-24)12-13-33-27(23-15-21(38-2)9-11-25(23)39-3)26(29(35)30(33)36)28(34)17-4-6-19(31)7-5-17/h4-11,14-16,27,32,34H,12-13H2,1-3H3/t27-/m0/s1. The van der Waals surface area contributed by atoms with Crippen molar-refractivity contribution in [3.63, 3.8) is 0 Å². The molecule has 2 N–H and O–H groups in total. The average molecular weight is 547 g/mol. The highest BCUT2D eigenvalue weighted by Crippen LogP contribution is 2.44. The van der Waals surface area contributed by atoms with Crippen LogP contribution in [0.2, 0.25) is 5.02 Å². The number of methoxy groups -OCH3 is 3. The molecule has 1 fully saturated rings. The van der Waals surface area contributed by atoms with Gasteiger partial charge in [0.15, 0.2) is 0 Å². The third-order valence-electron chi connectivity index (χ3n) is 6.99. The molecule has 0 bridgehead atoms. The summed E-state index contributed by atoms with van der Waals surface area (Å²) in [5.41, 5.74) is 2.75. The average Bonchev–Trinajstić information content (AvgIpc) is 3.48. The number of nitrogens with zero attached hydrogens (tertiary/aromatic N) is 1. The van der Waals surface area contributed by atoms with Crippen molar-refractivity contribution < 1.29 is 28.9 Å². The Balaban J connectivity index is 1.61. The third-order valence-corrected chi connectivity index (χ3v) is 7.24. The van der Waals surface area contributed by atoms with Crippen LogP contribution in [0.15, 0.2) is 72.4 Å². The van der Waals surface area contributed by atoms with Gasteiger partial charge < -0.3 is 29.2 Å². The first-order valence-electron chi connectivity index (χ1n) is 12.3. The number of H-pyrrole nitrogens is 1. The number of amides is 1. The number of carbonyl (C=O) groups excluding carboxylic acids is 2. The summed E-state index contributed by atoms with van der Waals surface area (Å²) < 4.78 is 16.4. The molecule has 0 aliphatic carbocycles. The molecule has 1 aliphatic rings. The molecule has 0 spiro atoms. The van der Waals surface area contributed by atoms with Crippen molar-refractivity contribution in [3.05, 3.63) is 94.1 Å². The summed E-state index contributed by atoms with van der Waals surface area (Å²) in [6, 6.07) is 16.4. The summed E-state index contributed by atoms with van der Waals surface area (Å²) >= 11 is 6.03. The van der Waals surface area contributed by atoms with Crippen LogP contribution in [0.5, 0.6) is 17.2 Å². The van der Waals surface area contributed by atoms with Crippen LogP contribution in [-0.2, 0) is 16.0 Å². The first-order valence-corrected chi connectivity index (χ1v) is 12.6. The van der Waals surface area contributed by atoms with Gasteiger partial charge in [0.25, 0.3) is 11.7 Å². The lowest BCUT2D eigenvalue weighted by molar-refractivity contribution is -0.139. The lowest BCUT2D eigenvalue weighted by Crippen LogP contribution is -2.31. The number of Topliss-reactive ketones (excluding diaryl/α,β-unsaturated/α-hetero) is 1. The predicted molar refractivity (Wildman–Crippen MR) is 149 cm³/mol. The van der Waals surface area contributed by atoms with Crippen LogP contribution in [0.3, 0.4) is 0 Å². The predicted octanol–water partition coefficient (Wildman–Crippen LogP) is 5.51. The van der Waals surface area contributed by atoms with Gasteiger partial charge in [0.2, 0.25) is 0 Å². The number of aromatic amines is 1. The molecule has 39 heavy (non-hydrogen) atoms. The Morgan fingerprint density at radius 1 is 0.949 bits per heavy atom. The molecule has 1 amide bonds. The fourth-order valence-corrected chi connectivity index (χ4v) is 5.11. The van der Waals surface area contributed by atoms with Gasteiger partial charge in [-0.3, -0.25) is 9.59 Å². The number of carbonyl (C=O) groups is 2. The van der Waals surface area contributed by atoms with E-state index in [1.807, 2.05) is 24.4 Å². The van der Waals surface area contributed by atoms with Crippen LogP contribution in [-0.4, -0.2) is 54.6 Å². The van der Waals surface area contributed by atoms with Crippen LogP contribution < -0.4 is 14.2 Å². The number of ketones is 1. The first kappa shape index (κ1) is 26.2. The van der Waals surface area contributed by atoms with Gasteiger partial charge in [-0.2, -0.15) is 0 Å². The maximum Gasteiger partial charge on any atom is 0.295 e. The Morgan fingerprint density at radius 3 is 2.33 bits per heavy atom. The maximum atomic E-state index is 13.5. The second-order valence-electron chi connectivity index (χ2n) is 9.08. The van der Waals surface area contributed by atoms with Crippen LogP contribution >= 0.6 is 11.6 Å². The third kappa shape index (κ3) is 4.79. The number of halogens is 1. The highest BCUT2D eigenvalue weighted by Gasteiger charge is 2.47. The van der Waals surface area contributed by atoms with E-state index in [4.69, 9.17) is 25.8 Å². The van der Waals surface area contributed by atoms with Gasteiger partial charge in [-0.05, 0) is 72.6 Å². The Kier molecular flexibility index (Phi) is 7.21. The first-order chi connectivity index (χ1) is 18.9. The Morgan fingerprint density at radius 2 is 1.64 bits per heavy atom. The number of hydrogen-bond acceptors (Lipinski definition) is 6. The number of benzene rings is 3. The summed E-state index contributed by atoms with van der Waals surface area (Å²) in [6.45, 7) is 0.206. The van der Waals surface area contributed by atoms with Gasteiger partial charge in [0.05, 0.1) is 32.9 Å². The maximum absolute atomic E-state index is 13.5. The summed E-state index contributed by atoms with van der Waals surface area (Å²) in [4.78, 5) is 31.7. The van der Waals surface area contributed by atoms with Gasteiger partial charge in [0.1, 0.15) is 23.0 Å². The minimum Gasteiger partial charge on any atom is -0.507 e. The zero-order chi connectivity index (χ0) is 27.7. The number of aliphatic hydroxyl groups excluding tert-OH is 1. The van der Waals surface area contributed by atoms with E-state index < -0.39 is 17.7 Å². The fourth-order valence-electron chi connectivity index (χ4n) is 4.98. The normalized spacial score (nSPS) is 16.6. The monoisotopic (exact) mass is 546 g/mol. The van der Waals surface area contributed by atoms with E-state index in [0.29, 0.717) is 39.8 Å². The second kappa shape index (κ2) is 10.7. The quantitative estimate of drug-likeness (QED) is 0.172. The van der Waals surface area contributed by atoms with E-state index >= 15 is 0 Å². The molecule has 8 nitrogen and oxygen atoms in total. The van der Waals surface area contributed by atoms with Gasteiger partial charge in [-0.1, -0.05) is 11.6 Å². The molecule has 1 atom stereocenters. The molecule has 2 heterocycles. The highest BCUT2D eigenvalue weighted by molar-refractivity contribution is 6.46. The molecule has 4 aromatic rings. The van der Waals surface area contributed by atoms with E-state index in [1.54, 1.807) is 49.6 Å². The van der Waals surface area contributed by atoms with Crippen LogP contribution in [0, 0.1) is 0 Å². The van der Waals surface area contributed by atoms with E-state index in [2.05, 4.69) is 4.98 Å². The number of likely N-dealkylation sites (tertiary alicyclic amines) is 1. The topological polar surface area (TPSA) is 101 Å². The summed E-state index contributed by atoms with van der Waals surface area (Å²) in [6.07, 6.45) is 2.33. The summed E-state index contributed by atoms with van der Waals surface area (Å²) in [5, 5.41) is 12.8. The van der Waals surface area contributed by atoms with Crippen molar-refractivity contribution in [2.24, 2.45) is 0 Å². The molecule has 1 saturated heterocycles. The lowest BCUT2D eigenvalue weighted by Gasteiger charge is -2.27. The Hall–Kier alpha value is -4.43. The number of rotatable bonds is 8. The van der Waals surface area contributed by atoms with E-state index in [0.717, 1.165) is 16.5 Å². The molecule has 0 radical (unpaired) electrons. The van der Waals surface area contributed by atoms with Gasteiger partial charge in [-0.15, -0.1) is 0 Å². The molecular weight excluding hydrogens is 520 g/mol. The number of fused-ring (bicyclic) bond motifs is 1. The van der Waals surface area contributed by atoms with E-state index in [1.165, 1.54) is 19.1 Å². The molecule has 3 aromatic carbocycles. The van der Waals surface area contributed by atoms with Crippen LogP contribution in [0.4, 0.5) is 0 Å². The molecule has 9 heteroatoms. The number of nitrogens with one attached hydrogen (secondary N) is 1. The van der Waals surface area contributed by atoms with Crippen molar-refractivity contribution in [2.75, 3.05) is 27.9 Å². The van der Waals surface area contributed by atoms with Crippen molar-refractivity contribution in [1.29, 1.82) is 0 Å². The van der Waals surface area contributed by atoms with E-state index in [-0.39, 0.29) is 17.9 Å². The number of aliphatic hydroxyl groups is 1. The zero-order valence-corrected chi connectivity index (χ0v) is 22.4. The minimum atomic E-state index is -0.912. The molecule has 1 aliphatic heterocycles. The second-order valence-corrected chi connectivity index (χ2v) is 9.52. The lowest BCUT2D eigenvalue weighted by atomic mass is 9.94. The van der Waals surface area contributed by atoms with Crippen molar-refractivity contribution >= 4 is 40.0 Å². The van der Waals surface area contributed by atoms with Gasteiger partial charge in [-0.25, -0.2) is 0 Å². The zero-order valence-electron chi connectivity index (χ0n) is 21.7. The SMILES string of the molecule is COc1ccc(OC)c([C@H]2C(=C(O)c3ccc(Cl)cc3)C(=O)C(=O)N2CCc2c[nH]c3ccc(OC)cc23)c1.